The zero-order chi connectivity index (χ0) is 10.7. The van der Waals surface area contributed by atoms with Crippen molar-refractivity contribution in [2.75, 3.05) is 13.1 Å². The van der Waals surface area contributed by atoms with E-state index in [1.165, 1.54) is 0 Å². The highest BCUT2D eigenvalue weighted by atomic mass is 16.6. The Labute approximate surface area is 90.3 Å². The van der Waals surface area contributed by atoms with Gasteiger partial charge in [0.05, 0.1) is 0 Å². The molecular formula is C12H16N2O. The molecule has 1 N–H and O–H groups in total. The molecule has 0 unspecified atom stereocenters. The Morgan fingerprint density at radius 1 is 1.20 bits per heavy atom. The molecule has 0 aliphatic carbocycles. The van der Waals surface area contributed by atoms with Gasteiger partial charge in [-0.05, 0) is 26.0 Å². The van der Waals surface area contributed by atoms with Crippen molar-refractivity contribution in [3.63, 3.8) is 0 Å². The first-order valence-corrected chi connectivity index (χ1v) is 5.33. The van der Waals surface area contributed by atoms with E-state index >= 15 is 0 Å². The molecule has 0 aromatic heterocycles. The molecule has 3 heteroatoms. The minimum atomic E-state index is 0.883. The fourth-order valence-electron chi connectivity index (χ4n) is 1.70. The lowest BCUT2D eigenvalue weighted by Gasteiger charge is -2.28. The van der Waals surface area contributed by atoms with Gasteiger partial charge >= 0.3 is 0 Å². The molecule has 0 fully saturated rings. The third kappa shape index (κ3) is 1.91. The number of nitrogens with zero attached hydrogens (tertiary/aromatic N) is 1. The molecule has 80 valence electrons. The molecule has 3 nitrogen and oxygen atoms in total. The van der Waals surface area contributed by atoms with Crippen LogP contribution in [0.25, 0.3) is 6.08 Å². The molecule has 1 aliphatic heterocycles. The first-order valence-electron chi connectivity index (χ1n) is 5.33. The Balaban J connectivity index is 2.28. The number of rotatable bonds is 3. The van der Waals surface area contributed by atoms with Crippen molar-refractivity contribution < 1.29 is 4.84 Å². The van der Waals surface area contributed by atoms with E-state index in [1.54, 1.807) is 0 Å². The van der Waals surface area contributed by atoms with Crippen LogP contribution in [0, 0.1) is 0 Å². The van der Waals surface area contributed by atoms with Crippen molar-refractivity contribution in [1.29, 1.82) is 0 Å². The maximum Gasteiger partial charge on any atom is 0.162 e. The Morgan fingerprint density at radius 2 is 1.93 bits per heavy atom. The summed E-state index contributed by atoms with van der Waals surface area (Å²) in [5, 5.41) is 0. The van der Waals surface area contributed by atoms with Crippen LogP contribution in [0.5, 0.6) is 5.75 Å². The molecule has 0 saturated carbocycles. The topological polar surface area (TPSA) is 24.5 Å². The second-order valence-corrected chi connectivity index (χ2v) is 3.44. The number of fused-ring (bicyclic) bond motifs is 1. The summed E-state index contributed by atoms with van der Waals surface area (Å²) in [5.41, 5.74) is 4.09. The summed E-state index contributed by atoms with van der Waals surface area (Å²) in [5.74, 6) is 1.91. The third-order valence-corrected chi connectivity index (χ3v) is 2.58. The van der Waals surface area contributed by atoms with Crippen LogP contribution in [0.15, 0.2) is 30.1 Å². The summed E-state index contributed by atoms with van der Waals surface area (Å²) in [6, 6.07) is 8.00. The van der Waals surface area contributed by atoms with Gasteiger partial charge in [-0.3, -0.25) is 0 Å². The second kappa shape index (κ2) is 4.26. The van der Waals surface area contributed by atoms with Gasteiger partial charge in [0, 0.05) is 18.7 Å². The SMILES string of the molecule is CCN(CC)C1=Cc2ccccc2ON1. The van der Waals surface area contributed by atoms with Gasteiger partial charge in [-0.1, -0.05) is 18.2 Å². The molecule has 0 radical (unpaired) electrons. The van der Waals surface area contributed by atoms with Crippen molar-refractivity contribution in [3.05, 3.63) is 35.6 Å². The molecule has 1 aliphatic rings. The smallest absolute Gasteiger partial charge is 0.162 e. The largest absolute Gasteiger partial charge is 0.380 e. The lowest BCUT2D eigenvalue weighted by molar-refractivity contribution is 0.175. The van der Waals surface area contributed by atoms with Gasteiger partial charge in [-0.2, -0.15) is 0 Å². The number of hydrogen-bond donors (Lipinski definition) is 1. The summed E-state index contributed by atoms with van der Waals surface area (Å²) in [6.07, 6.45) is 2.12. The molecule has 0 bridgehead atoms. The summed E-state index contributed by atoms with van der Waals surface area (Å²) < 4.78 is 0. The van der Waals surface area contributed by atoms with Crippen LogP contribution in [0.3, 0.4) is 0 Å². The maximum atomic E-state index is 5.46. The summed E-state index contributed by atoms with van der Waals surface area (Å²) >= 11 is 0. The molecule has 0 amide bonds. The quantitative estimate of drug-likeness (QED) is 0.817. The number of para-hydroxylation sites is 1. The van der Waals surface area contributed by atoms with E-state index in [4.69, 9.17) is 4.84 Å². The van der Waals surface area contributed by atoms with Crippen LogP contribution >= 0.6 is 0 Å². The Morgan fingerprint density at radius 3 is 2.67 bits per heavy atom. The summed E-state index contributed by atoms with van der Waals surface area (Å²) in [4.78, 5) is 7.68. The number of nitrogens with one attached hydrogen (secondary N) is 1. The van der Waals surface area contributed by atoms with E-state index in [-0.39, 0.29) is 0 Å². The molecule has 0 atom stereocenters. The highest BCUT2D eigenvalue weighted by Gasteiger charge is 2.13. The van der Waals surface area contributed by atoms with Crippen molar-refractivity contribution in [2.45, 2.75) is 13.8 Å². The third-order valence-electron chi connectivity index (χ3n) is 2.58. The van der Waals surface area contributed by atoms with E-state index in [0.29, 0.717) is 0 Å². The van der Waals surface area contributed by atoms with E-state index in [9.17, 15) is 0 Å². The fraction of sp³-hybridized carbons (Fsp3) is 0.333. The minimum absolute atomic E-state index is 0.883. The van der Waals surface area contributed by atoms with E-state index in [2.05, 4.69) is 36.4 Å². The molecule has 15 heavy (non-hydrogen) atoms. The van der Waals surface area contributed by atoms with Gasteiger partial charge in [0.1, 0.15) is 5.82 Å². The molecule has 0 saturated heterocycles. The Hall–Kier alpha value is -1.64. The van der Waals surface area contributed by atoms with E-state index in [1.807, 2.05) is 18.2 Å². The maximum absolute atomic E-state index is 5.46. The summed E-state index contributed by atoms with van der Waals surface area (Å²) in [7, 11) is 0. The standard InChI is InChI=1S/C12H16N2O/c1-3-14(4-2)12-9-10-7-5-6-8-11(10)15-13-12/h5-9,13H,3-4H2,1-2H3. The van der Waals surface area contributed by atoms with Crippen LogP contribution in [0.1, 0.15) is 19.4 Å². The molecule has 0 spiro atoms. The van der Waals surface area contributed by atoms with Crippen LogP contribution in [-0.2, 0) is 0 Å². The average Bonchev–Trinajstić information content (AvgIpc) is 2.30. The number of hydroxylamine groups is 1. The van der Waals surface area contributed by atoms with Gasteiger partial charge in [-0.25, -0.2) is 5.48 Å². The van der Waals surface area contributed by atoms with Crippen LogP contribution in [-0.4, -0.2) is 18.0 Å². The molecular weight excluding hydrogens is 188 g/mol. The van der Waals surface area contributed by atoms with Gasteiger partial charge in [0.2, 0.25) is 0 Å². The van der Waals surface area contributed by atoms with Crippen molar-refractivity contribution >= 4 is 6.08 Å². The first kappa shape index (κ1) is 9.90. The fourth-order valence-corrected chi connectivity index (χ4v) is 1.70. The van der Waals surface area contributed by atoms with Gasteiger partial charge in [0.25, 0.3) is 0 Å². The molecule has 1 heterocycles. The molecule has 1 aromatic rings. The van der Waals surface area contributed by atoms with Gasteiger partial charge in [-0.15, -0.1) is 0 Å². The number of hydrogen-bond acceptors (Lipinski definition) is 3. The highest BCUT2D eigenvalue weighted by molar-refractivity contribution is 5.60. The zero-order valence-corrected chi connectivity index (χ0v) is 9.16. The van der Waals surface area contributed by atoms with Crippen LogP contribution in [0.2, 0.25) is 0 Å². The predicted molar refractivity (Wildman–Crippen MR) is 61.1 cm³/mol. The van der Waals surface area contributed by atoms with Crippen LogP contribution in [0.4, 0.5) is 0 Å². The lowest BCUT2D eigenvalue weighted by atomic mass is 10.2. The number of benzene rings is 1. The second-order valence-electron chi connectivity index (χ2n) is 3.44. The van der Waals surface area contributed by atoms with E-state index < -0.39 is 0 Å². The van der Waals surface area contributed by atoms with Gasteiger partial charge in [0.15, 0.2) is 5.75 Å². The molecule has 2 rings (SSSR count). The van der Waals surface area contributed by atoms with Crippen LogP contribution < -0.4 is 10.3 Å². The van der Waals surface area contributed by atoms with Crippen molar-refractivity contribution in [1.82, 2.24) is 10.4 Å². The highest BCUT2D eigenvalue weighted by Crippen LogP contribution is 2.24. The lowest BCUT2D eigenvalue weighted by Crippen LogP contribution is -2.35. The monoisotopic (exact) mass is 204 g/mol. The minimum Gasteiger partial charge on any atom is -0.380 e. The molecule has 1 aromatic carbocycles. The predicted octanol–water partition coefficient (Wildman–Crippen LogP) is 2.22. The average molecular weight is 204 g/mol. The van der Waals surface area contributed by atoms with Crippen molar-refractivity contribution in [3.8, 4) is 5.75 Å². The Kier molecular flexibility index (Phi) is 2.81. The zero-order valence-electron chi connectivity index (χ0n) is 9.16. The normalized spacial score (nSPS) is 13.3. The van der Waals surface area contributed by atoms with Gasteiger partial charge < -0.3 is 9.74 Å². The summed E-state index contributed by atoms with van der Waals surface area (Å²) in [6.45, 7) is 6.21. The van der Waals surface area contributed by atoms with Crippen molar-refractivity contribution in [2.24, 2.45) is 0 Å². The first-order chi connectivity index (χ1) is 7.35. The Bertz CT molecular complexity index is 370. The van der Waals surface area contributed by atoms with E-state index in [0.717, 1.165) is 30.2 Å².